The normalized spacial score (nSPS) is 24.1. The molecule has 4 rings (SSSR count). The highest BCUT2D eigenvalue weighted by Gasteiger charge is 2.39. The van der Waals surface area contributed by atoms with Gasteiger partial charge >= 0.3 is 0 Å². The first kappa shape index (κ1) is 14.4. The van der Waals surface area contributed by atoms with Crippen molar-refractivity contribution in [3.8, 4) is 0 Å². The number of benzene rings is 1. The number of nitrogens with zero attached hydrogens (tertiary/aromatic N) is 1. The van der Waals surface area contributed by atoms with Crippen LogP contribution in [-0.2, 0) is 29.0 Å². The smallest absolute Gasteiger partial charge is 0.255 e. The third-order valence-electron chi connectivity index (χ3n) is 4.99. The van der Waals surface area contributed by atoms with Gasteiger partial charge in [0.25, 0.3) is 5.91 Å². The van der Waals surface area contributed by atoms with Gasteiger partial charge in [-0.1, -0.05) is 6.07 Å². The highest BCUT2D eigenvalue weighted by molar-refractivity contribution is 6.05. The van der Waals surface area contributed by atoms with Crippen molar-refractivity contribution in [2.75, 3.05) is 13.1 Å². The van der Waals surface area contributed by atoms with Crippen LogP contribution < -0.4 is 10.6 Å². The Labute approximate surface area is 134 Å². The molecule has 3 heterocycles. The van der Waals surface area contributed by atoms with E-state index in [-0.39, 0.29) is 17.7 Å². The number of carbonyl (C=O) groups excluding carboxylic acids is 3. The van der Waals surface area contributed by atoms with E-state index in [0.717, 1.165) is 37.1 Å². The second-order valence-electron chi connectivity index (χ2n) is 6.43. The van der Waals surface area contributed by atoms with Gasteiger partial charge in [-0.2, -0.15) is 0 Å². The molecular formula is C17H19N3O3. The molecule has 0 unspecified atom stereocenters. The van der Waals surface area contributed by atoms with Crippen LogP contribution in [0.4, 0.5) is 0 Å². The van der Waals surface area contributed by atoms with Gasteiger partial charge in [-0.3, -0.25) is 19.7 Å². The molecule has 3 amide bonds. The van der Waals surface area contributed by atoms with Crippen molar-refractivity contribution in [1.82, 2.24) is 15.5 Å². The first-order chi connectivity index (χ1) is 11.1. The molecule has 1 aromatic rings. The van der Waals surface area contributed by atoms with E-state index in [1.165, 1.54) is 11.1 Å². The summed E-state index contributed by atoms with van der Waals surface area (Å²) in [7, 11) is 0. The van der Waals surface area contributed by atoms with Gasteiger partial charge in [0.2, 0.25) is 11.8 Å². The minimum absolute atomic E-state index is 0.0884. The number of hydrogen-bond acceptors (Lipinski definition) is 4. The molecule has 23 heavy (non-hydrogen) atoms. The van der Waals surface area contributed by atoms with Crippen molar-refractivity contribution in [2.24, 2.45) is 0 Å². The summed E-state index contributed by atoms with van der Waals surface area (Å²) in [6.07, 6.45) is 2.59. The molecule has 0 saturated carbocycles. The number of hydrogen-bond donors (Lipinski definition) is 2. The topological polar surface area (TPSA) is 78.5 Å². The zero-order valence-corrected chi connectivity index (χ0v) is 12.9. The SMILES string of the molecule is O=C1CC[C@H](N2Cc3cc4c(cc3C2=O)CCNCC4)C(=O)N1. The van der Waals surface area contributed by atoms with Crippen molar-refractivity contribution in [1.29, 1.82) is 0 Å². The molecule has 1 fully saturated rings. The number of piperidine rings is 1. The molecule has 0 aliphatic carbocycles. The van der Waals surface area contributed by atoms with E-state index in [1.807, 2.05) is 6.07 Å². The Hall–Kier alpha value is -2.21. The summed E-state index contributed by atoms with van der Waals surface area (Å²) in [6, 6.07) is 3.60. The van der Waals surface area contributed by atoms with Crippen molar-refractivity contribution < 1.29 is 14.4 Å². The van der Waals surface area contributed by atoms with Crippen LogP contribution in [0.15, 0.2) is 12.1 Å². The van der Waals surface area contributed by atoms with Gasteiger partial charge in [0.15, 0.2) is 0 Å². The van der Waals surface area contributed by atoms with Crippen molar-refractivity contribution in [2.45, 2.75) is 38.3 Å². The molecule has 3 aliphatic heterocycles. The monoisotopic (exact) mass is 313 g/mol. The predicted molar refractivity (Wildman–Crippen MR) is 82.8 cm³/mol. The standard InChI is InChI=1S/C17H19N3O3/c21-15-2-1-14(16(22)19-15)20-9-12-7-10-3-5-18-6-4-11(10)8-13(12)17(20)23/h7-8,14,18H,1-6,9H2,(H,19,21,22)/t14-/m0/s1. The van der Waals surface area contributed by atoms with Gasteiger partial charge in [0.05, 0.1) is 0 Å². The molecular weight excluding hydrogens is 294 g/mol. The second kappa shape index (κ2) is 5.45. The van der Waals surface area contributed by atoms with Gasteiger partial charge < -0.3 is 10.2 Å². The van der Waals surface area contributed by atoms with Crippen LogP contribution in [-0.4, -0.2) is 41.8 Å². The fraction of sp³-hybridized carbons (Fsp3) is 0.471. The van der Waals surface area contributed by atoms with Crippen LogP contribution >= 0.6 is 0 Å². The Morgan fingerprint density at radius 1 is 0.957 bits per heavy atom. The number of carbonyl (C=O) groups is 3. The van der Waals surface area contributed by atoms with Crippen molar-refractivity contribution in [3.05, 3.63) is 34.4 Å². The van der Waals surface area contributed by atoms with E-state index < -0.39 is 6.04 Å². The van der Waals surface area contributed by atoms with E-state index in [2.05, 4.69) is 16.7 Å². The van der Waals surface area contributed by atoms with Gasteiger partial charge in [0, 0.05) is 18.5 Å². The lowest BCUT2D eigenvalue weighted by Crippen LogP contribution is -2.52. The molecule has 3 aliphatic rings. The quantitative estimate of drug-likeness (QED) is 0.723. The maximum absolute atomic E-state index is 12.7. The summed E-state index contributed by atoms with van der Waals surface area (Å²) in [5.74, 6) is -0.697. The number of imide groups is 1. The lowest BCUT2D eigenvalue weighted by atomic mass is 9.97. The molecule has 6 nitrogen and oxygen atoms in total. The third kappa shape index (κ3) is 2.43. The van der Waals surface area contributed by atoms with Gasteiger partial charge in [0.1, 0.15) is 6.04 Å². The molecule has 1 aromatic carbocycles. The second-order valence-corrected chi connectivity index (χ2v) is 6.43. The van der Waals surface area contributed by atoms with E-state index in [9.17, 15) is 14.4 Å². The summed E-state index contributed by atoms with van der Waals surface area (Å²) < 4.78 is 0. The average Bonchev–Trinajstić information content (AvgIpc) is 2.71. The number of amides is 3. The van der Waals surface area contributed by atoms with E-state index >= 15 is 0 Å². The summed E-state index contributed by atoms with van der Waals surface area (Å²) in [6.45, 7) is 2.34. The van der Waals surface area contributed by atoms with Crippen LogP contribution in [0.3, 0.4) is 0 Å². The minimum atomic E-state index is -0.533. The largest absolute Gasteiger partial charge is 0.322 e. The van der Waals surface area contributed by atoms with Crippen LogP contribution in [0.2, 0.25) is 0 Å². The van der Waals surface area contributed by atoms with Gasteiger partial charge in [-0.15, -0.1) is 0 Å². The van der Waals surface area contributed by atoms with Gasteiger partial charge in [-0.25, -0.2) is 0 Å². The Bertz CT molecular complexity index is 713. The van der Waals surface area contributed by atoms with Crippen LogP contribution in [0.5, 0.6) is 0 Å². The summed E-state index contributed by atoms with van der Waals surface area (Å²) >= 11 is 0. The van der Waals surface area contributed by atoms with E-state index in [0.29, 0.717) is 19.4 Å². The first-order valence-corrected chi connectivity index (χ1v) is 8.13. The Morgan fingerprint density at radius 2 is 1.70 bits per heavy atom. The van der Waals surface area contributed by atoms with Crippen LogP contribution in [0.1, 0.15) is 39.9 Å². The zero-order chi connectivity index (χ0) is 16.0. The first-order valence-electron chi connectivity index (χ1n) is 8.13. The fourth-order valence-electron chi connectivity index (χ4n) is 3.75. The third-order valence-corrected chi connectivity index (χ3v) is 4.99. The number of fused-ring (bicyclic) bond motifs is 2. The molecule has 1 saturated heterocycles. The van der Waals surface area contributed by atoms with Crippen LogP contribution in [0, 0.1) is 0 Å². The Morgan fingerprint density at radius 3 is 2.43 bits per heavy atom. The molecule has 120 valence electrons. The fourth-order valence-corrected chi connectivity index (χ4v) is 3.75. The van der Waals surface area contributed by atoms with Gasteiger partial charge in [-0.05, 0) is 55.1 Å². The Kier molecular flexibility index (Phi) is 3.41. The highest BCUT2D eigenvalue weighted by Crippen LogP contribution is 2.30. The van der Waals surface area contributed by atoms with Crippen molar-refractivity contribution in [3.63, 3.8) is 0 Å². The molecule has 0 spiro atoms. The molecule has 6 heteroatoms. The lowest BCUT2D eigenvalue weighted by molar-refractivity contribution is -0.136. The summed E-state index contributed by atoms with van der Waals surface area (Å²) in [5, 5.41) is 5.71. The molecule has 0 radical (unpaired) electrons. The molecule has 2 N–H and O–H groups in total. The maximum atomic E-state index is 12.7. The predicted octanol–water partition coefficient (Wildman–Crippen LogP) is 0.136. The molecule has 0 bridgehead atoms. The zero-order valence-electron chi connectivity index (χ0n) is 12.9. The molecule has 0 aromatic heterocycles. The van der Waals surface area contributed by atoms with E-state index in [1.54, 1.807) is 4.90 Å². The lowest BCUT2D eigenvalue weighted by Gasteiger charge is -2.29. The van der Waals surface area contributed by atoms with E-state index in [4.69, 9.17) is 0 Å². The number of rotatable bonds is 1. The number of nitrogens with one attached hydrogen (secondary N) is 2. The maximum Gasteiger partial charge on any atom is 0.255 e. The van der Waals surface area contributed by atoms with Crippen molar-refractivity contribution >= 4 is 17.7 Å². The Balaban J connectivity index is 1.63. The average molecular weight is 313 g/mol. The summed E-state index contributed by atoms with van der Waals surface area (Å²) in [4.78, 5) is 37.7. The summed E-state index contributed by atoms with van der Waals surface area (Å²) in [5.41, 5.74) is 4.24. The minimum Gasteiger partial charge on any atom is -0.322 e. The highest BCUT2D eigenvalue weighted by atomic mass is 16.2. The molecule has 1 atom stereocenters. The van der Waals surface area contributed by atoms with Crippen LogP contribution in [0.25, 0.3) is 0 Å².